The normalized spacial score (nSPS) is 11.0. The lowest BCUT2D eigenvalue weighted by Crippen LogP contribution is -2.34. The first-order valence-corrected chi connectivity index (χ1v) is 7.76. The number of rotatable bonds is 3. The minimum atomic E-state index is -0.573. The number of nitrogens with zero attached hydrogens (tertiary/aromatic N) is 1. The first kappa shape index (κ1) is 17.7. The number of carbonyl (C=O) groups is 1. The van der Waals surface area contributed by atoms with Crippen molar-refractivity contribution in [2.24, 2.45) is 0 Å². The Labute approximate surface area is 143 Å². The molecule has 0 radical (unpaired) electrons. The largest absolute Gasteiger partial charge is 0.457 e. The van der Waals surface area contributed by atoms with Gasteiger partial charge in [0.15, 0.2) is 0 Å². The molecule has 128 valence electrons. The van der Waals surface area contributed by atoms with E-state index in [9.17, 15) is 4.79 Å². The van der Waals surface area contributed by atoms with Gasteiger partial charge in [-0.3, -0.25) is 4.90 Å². The van der Waals surface area contributed by atoms with Crippen molar-refractivity contribution in [3.8, 4) is 11.5 Å². The van der Waals surface area contributed by atoms with Gasteiger partial charge in [0.25, 0.3) is 0 Å². The van der Waals surface area contributed by atoms with Crippen LogP contribution in [0.3, 0.4) is 0 Å². The molecule has 0 spiro atoms. The highest BCUT2D eigenvalue weighted by Gasteiger charge is 2.22. The third kappa shape index (κ3) is 4.65. The van der Waals surface area contributed by atoms with Crippen LogP contribution in [-0.2, 0) is 4.74 Å². The van der Waals surface area contributed by atoms with Crippen LogP contribution < -0.4 is 15.4 Å². The Morgan fingerprint density at radius 1 is 1.04 bits per heavy atom. The van der Waals surface area contributed by atoms with Crippen LogP contribution in [0.25, 0.3) is 0 Å². The summed E-state index contributed by atoms with van der Waals surface area (Å²) in [5.41, 5.74) is 7.59. The number of ether oxygens (including phenoxy) is 2. The predicted molar refractivity (Wildman–Crippen MR) is 96.7 cm³/mol. The fourth-order valence-electron chi connectivity index (χ4n) is 2.05. The van der Waals surface area contributed by atoms with Crippen molar-refractivity contribution in [2.75, 3.05) is 17.7 Å². The zero-order chi connectivity index (χ0) is 17.9. The molecule has 0 fully saturated rings. The number of hydrogen-bond acceptors (Lipinski definition) is 4. The average molecular weight is 328 g/mol. The number of anilines is 2. The lowest BCUT2D eigenvalue weighted by atomic mass is 10.2. The lowest BCUT2D eigenvalue weighted by molar-refractivity contribution is 0.0589. The maximum Gasteiger partial charge on any atom is 0.414 e. The predicted octanol–water partition coefficient (Wildman–Crippen LogP) is 4.74. The average Bonchev–Trinajstić information content (AvgIpc) is 2.49. The molecule has 0 heterocycles. The molecule has 5 nitrogen and oxygen atoms in total. The Hall–Kier alpha value is -2.69. The van der Waals surface area contributed by atoms with E-state index in [4.69, 9.17) is 15.2 Å². The molecule has 0 bridgehead atoms. The van der Waals surface area contributed by atoms with E-state index in [1.54, 1.807) is 25.2 Å². The van der Waals surface area contributed by atoms with Crippen molar-refractivity contribution in [1.82, 2.24) is 0 Å². The number of nitrogen functional groups attached to an aromatic ring is 1. The zero-order valence-electron chi connectivity index (χ0n) is 14.8. The van der Waals surface area contributed by atoms with Gasteiger partial charge in [-0.05, 0) is 52.0 Å². The summed E-state index contributed by atoms with van der Waals surface area (Å²) in [5.74, 6) is 1.31. The molecule has 0 aliphatic heterocycles. The van der Waals surface area contributed by atoms with Crippen LogP contribution >= 0.6 is 0 Å². The third-order valence-electron chi connectivity index (χ3n) is 3.29. The Morgan fingerprint density at radius 2 is 1.62 bits per heavy atom. The van der Waals surface area contributed by atoms with E-state index < -0.39 is 11.7 Å². The van der Waals surface area contributed by atoms with E-state index in [1.165, 1.54) is 4.90 Å². The molecular formula is C19H24N2O3. The molecule has 1 amide bonds. The van der Waals surface area contributed by atoms with Gasteiger partial charge in [0.1, 0.15) is 17.1 Å². The number of nitrogens with two attached hydrogens (primary N) is 1. The maximum atomic E-state index is 12.2. The molecule has 2 aromatic carbocycles. The molecule has 5 heteroatoms. The molecule has 0 aliphatic carbocycles. The summed E-state index contributed by atoms with van der Waals surface area (Å²) in [6.07, 6.45) is -0.471. The summed E-state index contributed by atoms with van der Waals surface area (Å²) >= 11 is 0. The van der Waals surface area contributed by atoms with Gasteiger partial charge >= 0.3 is 6.09 Å². The first-order chi connectivity index (χ1) is 11.2. The summed E-state index contributed by atoms with van der Waals surface area (Å²) in [5, 5.41) is 0. The van der Waals surface area contributed by atoms with Crippen LogP contribution in [0.4, 0.5) is 16.2 Å². The molecule has 0 saturated heterocycles. The van der Waals surface area contributed by atoms with Crippen LogP contribution in [0.5, 0.6) is 11.5 Å². The van der Waals surface area contributed by atoms with Gasteiger partial charge in [0, 0.05) is 13.1 Å². The molecule has 0 aromatic heterocycles. The van der Waals surface area contributed by atoms with Crippen molar-refractivity contribution in [3.05, 3.63) is 48.0 Å². The maximum absolute atomic E-state index is 12.2. The minimum Gasteiger partial charge on any atom is -0.457 e. The topological polar surface area (TPSA) is 64.8 Å². The summed E-state index contributed by atoms with van der Waals surface area (Å²) in [6, 6.07) is 12.9. The van der Waals surface area contributed by atoms with E-state index in [1.807, 2.05) is 52.0 Å². The lowest BCUT2D eigenvalue weighted by Gasteiger charge is -2.25. The van der Waals surface area contributed by atoms with Gasteiger partial charge in [0.2, 0.25) is 0 Å². The third-order valence-corrected chi connectivity index (χ3v) is 3.29. The Balaban J connectivity index is 2.21. The molecule has 2 aromatic rings. The Morgan fingerprint density at radius 3 is 2.21 bits per heavy atom. The van der Waals surface area contributed by atoms with Gasteiger partial charge in [-0.15, -0.1) is 0 Å². The van der Waals surface area contributed by atoms with E-state index in [2.05, 4.69) is 0 Å². The molecule has 0 atom stereocenters. The van der Waals surface area contributed by atoms with Gasteiger partial charge in [0.05, 0.1) is 11.4 Å². The van der Waals surface area contributed by atoms with Crippen LogP contribution in [0, 0.1) is 6.92 Å². The van der Waals surface area contributed by atoms with E-state index in [0.29, 0.717) is 17.1 Å². The molecule has 0 saturated carbocycles. The number of benzene rings is 2. The smallest absolute Gasteiger partial charge is 0.414 e. The van der Waals surface area contributed by atoms with E-state index >= 15 is 0 Å². The van der Waals surface area contributed by atoms with Crippen molar-refractivity contribution >= 4 is 17.5 Å². The van der Waals surface area contributed by atoms with Gasteiger partial charge < -0.3 is 15.2 Å². The Kier molecular flexibility index (Phi) is 5.02. The van der Waals surface area contributed by atoms with Gasteiger partial charge in [-0.25, -0.2) is 4.79 Å². The fourth-order valence-corrected chi connectivity index (χ4v) is 2.05. The van der Waals surface area contributed by atoms with E-state index in [-0.39, 0.29) is 0 Å². The second-order valence-electron chi connectivity index (χ2n) is 6.68. The Bertz CT molecular complexity index is 718. The fraction of sp³-hybridized carbons (Fsp3) is 0.316. The standard InChI is InChI=1S/C19H24N2O3/c1-13-6-8-14(9-7-13)23-15-10-11-16(20)17(12-15)21(5)18(22)24-19(2,3)4/h6-12H,20H2,1-5H3. The van der Waals surface area contributed by atoms with Crippen LogP contribution in [0.2, 0.25) is 0 Å². The second kappa shape index (κ2) is 6.83. The quantitative estimate of drug-likeness (QED) is 0.826. The van der Waals surface area contributed by atoms with Crippen molar-refractivity contribution in [3.63, 3.8) is 0 Å². The van der Waals surface area contributed by atoms with Gasteiger partial charge in [-0.1, -0.05) is 17.7 Å². The highest BCUT2D eigenvalue weighted by atomic mass is 16.6. The number of hydrogen-bond donors (Lipinski definition) is 1. The minimum absolute atomic E-state index is 0.471. The number of aryl methyl sites for hydroxylation is 1. The van der Waals surface area contributed by atoms with Crippen LogP contribution in [-0.4, -0.2) is 18.7 Å². The van der Waals surface area contributed by atoms with Crippen molar-refractivity contribution in [2.45, 2.75) is 33.3 Å². The van der Waals surface area contributed by atoms with Crippen LogP contribution in [0.15, 0.2) is 42.5 Å². The molecule has 24 heavy (non-hydrogen) atoms. The highest BCUT2D eigenvalue weighted by Crippen LogP contribution is 2.31. The van der Waals surface area contributed by atoms with Crippen molar-refractivity contribution in [1.29, 1.82) is 0 Å². The van der Waals surface area contributed by atoms with Gasteiger partial charge in [-0.2, -0.15) is 0 Å². The summed E-state index contributed by atoms with van der Waals surface area (Å²) in [6.45, 7) is 7.47. The SMILES string of the molecule is Cc1ccc(Oc2ccc(N)c(N(C)C(=O)OC(C)(C)C)c2)cc1. The van der Waals surface area contributed by atoms with Crippen LogP contribution in [0.1, 0.15) is 26.3 Å². The highest BCUT2D eigenvalue weighted by molar-refractivity contribution is 5.91. The van der Waals surface area contributed by atoms with E-state index in [0.717, 1.165) is 11.3 Å². The van der Waals surface area contributed by atoms with Crippen molar-refractivity contribution < 1.29 is 14.3 Å². The molecule has 0 aliphatic rings. The number of carbonyl (C=O) groups excluding carboxylic acids is 1. The molecular weight excluding hydrogens is 304 g/mol. The monoisotopic (exact) mass is 328 g/mol. The summed E-state index contributed by atoms with van der Waals surface area (Å²) in [7, 11) is 1.62. The summed E-state index contributed by atoms with van der Waals surface area (Å²) in [4.78, 5) is 13.6. The second-order valence-corrected chi connectivity index (χ2v) is 6.68. The molecule has 0 unspecified atom stereocenters. The number of amides is 1. The molecule has 2 N–H and O–H groups in total. The molecule has 2 rings (SSSR count). The zero-order valence-corrected chi connectivity index (χ0v) is 14.8. The first-order valence-electron chi connectivity index (χ1n) is 7.76. The summed E-state index contributed by atoms with van der Waals surface area (Å²) < 4.78 is 11.2.